The Balaban J connectivity index is 1.65. The fourth-order valence-electron chi connectivity index (χ4n) is 8.57. The molecule has 9 atom stereocenters. The summed E-state index contributed by atoms with van der Waals surface area (Å²) in [5, 5.41) is 44.8. The van der Waals surface area contributed by atoms with Crippen LogP contribution < -0.4 is 32.3 Å². The van der Waals surface area contributed by atoms with Gasteiger partial charge in [-0.1, -0.05) is 75.4 Å². The number of nitrogens with zero attached hydrogens (tertiary/aromatic N) is 2. The molecule has 2 bridgehead atoms. The van der Waals surface area contributed by atoms with Gasteiger partial charge in [-0.3, -0.25) is 38.4 Å². The Labute approximate surface area is 417 Å². The zero-order valence-electron chi connectivity index (χ0n) is 41.0. The maximum Gasteiger partial charge on any atom is 0.329 e. The molecule has 388 valence electrons. The first kappa shape index (κ1) is 55.4. The van der Waals surface area contributed by atoms with Gasteiger partial charge in [0.25, 0.3) is 0 Å². The minimum absolute atomic E-state index is 0.0162. The summed E-state index contributed by atoms with van der Waals surface area (Å²) in [5.74, 6) is -8.67. The zero-order valence-corrected chi connectivity index (χ0v) is 41.0. The van der Waals surface area contributed by atoms with Gasteiger partial charge in [-0.05, 0) is 79.5 Å². The van der Waals surface area contributed by atoms with Crippen molar-refractivity contribution in [2.75, 3.05) is 7.05 Å². The van der Waals surface area contributed by atoms with E-state index in [1.807, 2.05) is 0 Å². The van der Waals surface area contributed by atoms with Crippen LogP contribution in [0.3, 0.4) is 0 Å². The first-order chi connectivity index (χ1) is 34.2. The van der Waals surface area contributed by atoms with Gasteiger partial charge in [0.05, 0.1) is 0 Å². The van der Waals surface area contributed by atoms with Crippen LogP contribution in [0.5, 0.6) is 11.5 Å². The minimum Gasteiger partial charge on any atom is -0.508 e. The number of cyclic esters (lactones) is 1. The van der Waals surface area contributed by atoms with Crippen molar-refractivity contribution in [3.63, 3.8) is 0 Å². The van der Waals surface area contributed by atoms with E-state index in [0.717, 1.165) is 9.80 Å². The van der Waals surface area contributed by atoms with Crippen molar-refractivity contribution in [3.8, 4) is 11.5 Å². The van der Waals surface area contributed by atoms with Gasteiger partial charge >= 0.3 is 5.97 Å². The number of hydrogen-bond donors (Lipinski definition) is 9. The van der Waals surface area contributed by atoms with Crippen molar-refractivity contribution < 1.29 is 63.2 Å². The maximum absolute atomic E-state index is 15.1. The van der Waals surface area contributed by atoms with Crippen LogP contribution in [0.15, 0.2) is 78.9 Å². The number of esters is 1. The molecule has 2 aliphatic heterocycles. The highest BCUT2D eigenvalue weighted by molar-refractivity contribution is 5.98. The molecule has 21 nitrogen and oxygen atoms in total. The number of fused-ring (bicyclic) bond motifs is 2. The summed E-state index contributed by atoms with van der Waals surface area (Å²) in [6.45, 7) is 6.22. The Bertz CT molecular complexity index is 2420. The van der Waals surface area contributed by atoms with Crippen molar-refractivity contribution >= 4 is 53.2 Å². The number of amides is 8. The summed E-state index contributed by atoms with van der Waals surface area (Å²) >= 11 is 0. The second kappa shape index (κ2) is 25.5. The lowest BCUT2D eigenvalue weighted by Crippen LogP contribution is -2.65. The fourth-order valence-corrected chi connectivity index (χ4v) is 8.57. The zero-order chi connectivity index (χ0) is 52.8. The van der Waals surface area contributed by atoms with E-state index < -0.39 is 114 Å². The number of likely N-dealkylation sites (N-methyl/N-ethyl adjacent to an activating group) is 1. The van der Waals surface area contributed by atoms with E-state index in [2.05, 4.69) is 26.6 Å². The number of benzene rings is 3. The van der Waals surface area contributed by atoms with Crippen molar-refractivity contribution in [1.29, 1.82) is 0 Å². The van der Waals surface area contributed by atoms with Crippen LogP contribution in [-0.2, 0) is 67.2 Å². The SMILES string of the molecule is CCCC(=O)NC(CCC(N)=O)C(=O)NC1C(=O)NC(Cc2ccc(O)cc2)C(=O)NC2CCC(O)N(C2=O)C(Cc2ccccc2)C(=O)N(C)C(Cc2ccc(O)cc2)C(=O)NC(C(C)C)C(=O)OC1C. The van der Waals surface area contributed by atoms with Crippen LogP contribution >= 0.6 is 0 Å². The number of phenolic OH excluding ortho intramolecular Hbond substituents is 2. The standard InChI is InChI=1S/C51H66N8O13/c1-6-10-41(63)53-35(21-23-40(52)62)45(65)57-44-29(4)72-51(71)43(28(2)3)56-47(67)38(26-32-15-19-34(61)20-16-32)58(5)50(70)39(27-30-11-8-7-9-12-30)59-42(64)24-22-36(49(59)69)54-46(66)37(55-48(44)68)25-31-13-17-33(60)18-14-31/h7-9,11-20,28-29,35-39,42-44,60-61,64H,6,10,21-27H2,1-5H3,(H2,52,62)(H,53,63)(H,54,66)(H,55,68)(H,56,67)(H,57,65). The quantitative estimate of drug-likeness (QED) is 0.0931. The molecule has 0 aliphatic carbocycles. The molecule has 8 amide bonds. The molecule has 3 aromatic rings. The molecular weight excluding hydrogens is 933 g/mol. The molecule has 10 N–H and O–H groups in total. The molecule has 2 fully saturated rings. The fraction of sp³-hybridized carbons (Fsp3) is 0.471. The molecule has 5 rings (SSSR count). The molecule has 0 spiro atoms. The normalized spacial score (nSPS) is 24.1. The number of phenols is 2. The van der Waals surface area contributed by atoms with E-state index in [1.165, 1.54) is 50.4 Å². The third-order valence-corrected chi connectivity index (χ3v) is 12.7. The largest absolute Gasteiger partial charge is 0.508 e. The van der Waals surface area contributed by atoms with Gasteiger partial charge in [0, 0.05) is 39.2 Å². The van der Waals surface area contributed by atoms with Crippen molar-refractivity contribution in [2.24, 2.45) is 11.7 Å². The average molecular weight is 999 g/mol. The maximum atomic E-state index is 15.1. The van der Waals surface area contributed by atoms with Crippen LogP contribution in [-0.4, -0.2) is 140 Å². The van der Waals surface area contributed by atoms with E-state index in [4.69, 9.17) is 10.5 Å². The molecule has 2 aliphatic rings. The molecule has 0 aromatic heterocycles. The Hall–Kier alpha value is -7.55. The van der Waals surface area contributed by atoms with E-state index >= 15 is 4.79 Å². The number of rotatable bonds is 15. The molecular formula is C51H66N8O13. The third-order valence-electron chi connectivity index (χ3n) is 12.7. The summed E-state index contributed by atoms with van der Waals surface area (Å²) in [5.41, 5.74) is 6.90. The number of nitrogens with one attached hydrogen (secondary N) is 5. The Kier molecular flexibility index (Phi) is 19.6. The molecule has 9 unspecified atom stereocenters. The highest BCUT2D eigenvalue weighted by Crippen LogP contribution is 2.26. The summed E-state index contributed by atoms with van der Waals surface area (Å²) < 4.78 is 5.89. The summed E-state index contributed by atoms with van der Waals surface area (Å²) in [7, 11) is 1.35. The number of aliphatic hydroxyl groups is 1. The lowest BCUT2D eigenvalue weighted by molar-refractivity contribution is -0.165. The van der Waals surface area contributed by atoms with Gasteiger partial charge in [-0.2, -0.15) is 0 Å². The second-order valence-corrected chi connectivity index (χ2v) is 18.6. The third kappa shape index (κ3) is 15.0. The number of hydrogen-bond acceptors (Lipinski definition) is 13. The lowest BCUT2D eigenvalue weighted by Gasteiger charge is -2.43. The number of nitrogens with two attached hydrogens (primary N) is 1. The van der Waals surface area contributed by atoms with Gasteiger partial charge < -0.3 is 62.2 Å². The summed E-state index contributed by atoms with van der Waals surface area (Å²) in [6, 6.07) is 9.75. The Morgan fingerprint density at radius 3 is 1.92 bits per heavy atom. The van der Waals surface area contributed by atoms with Gasteiger partial charge in [0.15, 0.2) is 0 Å². The van der Waals surface area contributed by atoms with E-state index in [-0.39, 0.29) is 62.9 Å². The molecule has 3 aromatic carbocycles. The predicted molar refractivity (Wildman–Crippen MR) is 260 cm³/mol. The number of ether oxygens (including phenoxy) is 1. The van der Waals surface area contributed by atoms with Crippen LogP contribution in [0.4, 0.5) is 0 Å². The topological polar surface area (TPSA) is 316 Å². The van der Waals surface area contributed by atoms with Crippen molar-refractivity contribution in [1.82, 2.24) is 36.4 Å². The average Bonchev–Trinajstić information content (AvgIpc) is 3.33. The minimum atomic E-state index is -1.83. The van der Waals surface area contributed by atoms with Crippen LogP contribution in [0.2, 0.25) is 0 Å². The smallest absolute Gasteiger partial charge is 0.329 e. The Morgan fingerprint density at radius 2 is 1.33 bits per heavy atom. The molecule has 2 heterocycles. The summed E-state index contributed by atoms with van der Waals surface area (Å²) in [4.78, 5) is 129. The number of carbonyl (C=O) groups is 9. The molecule has 0 radical (unpaired) electrons. The Morgan fingerprint density at radius 1 is 0.750 bits per heavy atom. The van der Waals surface area contributed by atoms with E-state index in [9.17, 15) is 53.7 Å². The number of carbonyl (C=O) groups excluding carboxylic acids is 9. The predicted octanol–water partition coefficient (Wildman–Crippen LogP) is 0.353. The highest BCUT2D eigenvalue weighted by atomic mass is 16.5. The molecule has 21 heteroatoms. The molecule has 0 saturated carbocycles. The molecule has 2 saturated heterocycles. The first-order valence-electron chi connectivity index (χ1n) is 24.0. The van der Waals surface area contributed by atoms with Gasteiger partial charge in [0.2, 0.25) is 47.3 Å². The van der Waals surface area contributed by atoms with Crippen LogP contribution in [0.1, 0.15) is 82.9 Å². The number of piperidine rings is 1. The molecule has 72 heavy (non-hydrogen) atoms. The van der Waals surface area contributed by atoms with E-state index in [0.29, 0.717) is 23.1 Å². The highest BCUT2D eigenvalue weighted by Gasteiger charge is 2.46. The van der Waals surface area contributed by atoms with Gasteiger partial charge in [-0.15, -0.1) is 0 Å². The van der Waals surface area contributed by atoms with Gasteiger partial charge in [-0.25, -0.2) is 4.79 Å². The van der Waals surface area contributed by atoms with Crippen LogP contribution in [0, 0.1) is 5.92 Å². The van der Waals surface area contributed by atoms with Crippen molar-refractivity contribution in [3.05, 3.63) is 95.6 Å². The van der Waals surface area contributed by atoms with Gasteiger partial charge in [0.1, 0.15) is 66.1 Å². The number of primary amides is 1. The van der Waals surface area contributed by atoms with Crippen LogP contribution in [0.25, 0.3) is 0 Å². The lowest BCUT2D eigenvalue weighted by atomic mass is 9.95. The summed E-state index contributed by atoms with van der Waals surface area (Å²) in [6.07, 6.45) is -4.07. The van der Waals surface area contributed by atoms with E-state index in [1.54, 1.807) is 63.2 Å². The monoisotopic (exact) mass is 998 g/mol. The van der Waals surface area contributed by atoms with Crippen molar-refractivity contribution in [2.45, 2.75) is 140 Å². The number of aromatic hydroxyl groups is 2. The second-order valence-electron chi connectivity index (χ2n) is 18.6. The first-order valence-corrected chi connectivity index (χ1v) is 24.0. The number of aliphatic hydroxyl groups excluding tert-OH is 1.